The van der Waals surface area contributed by atoms with Gasteiger partial charge in [0.05, 0.1) is 11.6 Å². The molecule has 0 amide bonds. The van der Waals surface area contributed by atoms with Crippen LogP contribution in [0.1, 0.15) is 73.4 Å². The Bertz CT molecular complexity index is 1190. The van der Waals surface area contributed by atoms with E-state index in [4.69, 9.17) is 28.3 Å². The van der Waals surface area contributed by atoms with Crippen molar-refractivity contribution in [2.75, 3.05) is 0 Å². The van der Waals surface area contributed by atoms with Gasteiger partial charge in [-0.15, -0.1) is 0 Å². The molecule has 3 aromatic rings. The summed E-state index contributed by atoms with van der Waals surface area (Å²) in [5.41, 5.74) is 3.65. The van der Waals surface area contributed by atoms with Crippen LogP contribution in [0.2, 0.25) is 10.0 Å². The number of benzene rings is 2. The first-order valence-electron chi connectivity index (χ1n) is 11.6. The molecule has 1 N–H and O–H groups in total. The van der Waals surface area contributed by atoms with Gasteiger partial charge < -0.3 is 9.67 Å². The zero-order chi connectivity index (χ0) is 23.7. The smallest absolute Gasteiger partial charge is 0.303 e. The fraction of sp³-hybridized carbons (Fsp3) is 0.407. The van der Waals surface area contributed by atoms with Gasteiger partial charge in [0, 0.05) is 40.2 Å². The molecule has 4 rings (SSSR count). The molecule has 0 atom stereocenters. The number of aliphatic carboxylic acids is 1. The first-order valence-corrected chi connectivity index (χ1v) is 12.3. The molecule has 1 aliphatic rings. The van der Waals surface area contributed by atoms with E-state index < -0.39 is 5.97 Å². The summed E-state index contributed by atoms with van der Waals surface area (Å²) >= 11 is 13.3. The maximum atomic E-state index is 13.3. The molecule has 6 heteroatoms. The average molecular weight is 486 g/mol. The van der Waals surface area contributed by atoms with Crippen LogP contribution in [0, 0.1) is 11.8 Å². The average Bonchev–Trinajstić information content (AvgIpc) is 3.18. The molecule has 1 aromatic heterocycles. The third kappa shape index (κ3) is 5.12. The normalized spacial score (nSPS) is 18.7. The molecule has 174 valence electrons. The summed E-state index contributed by atoms with van der Waals surface area (Å²) in [6.07, 6.45) is 5.12. The molecule has 0 radical (unpaired) electrons. The number of rotatable bonds is 7. The van der Waals surface area contributed by atoms with Crippen LogP contribution in [0.4, 0.5) is 0 Å². The first kappa shape index (κ1) is 23.8. The van der Waals surface area contributed by atoms with Crippen molar-refractivity contribution in [2.45, 2.75) is 58.4 Å². The van der Waals surface area contributed by atoms with E-state index in [9.17, 15) is 9.59 Å². The molecule has 4 nitrogen and oxygen atoms in total. The number of nitrogens with zero attached hydrogens (tertiary/aromatic N) is 1. The van der Waals surface area contributed by atoms with E-state index in [1.54, 1.807) is 12.1 Å². The van der Waals surface area contributed by atoms with Crippen LogP contribution in [0.5, 0.6) is 0 Å². The molecule has 33 heavy (non-hydrogen) atoms. The number of fused-ring (bicyclic) bond motifs is 1. The Kier molecular flexibility index (Phi) is 7.16. The maximum Gasteiger partial charge on any atom is 0.303 e. The minimum Gasteiger partial charge on any atom is -0.481 e. The number of ketones is 1. The van der Waals surface area contributed by atoms with Gasteiger partial charge >= 0.3 is 5.97 Å². The highest BCUT2D eigenvalue weighted by molar-refractivity contribution is 6.38. The Morgan fingerprint density at radius 1 is 1.06 bits per heavy atom. The van der Waals surface area contributed by atoms with Crippen LogP contribution >= 0.6 is 23.2 Å². The first-order chi connectivity index (χ1) is 15.7. The van der Waals surface area contributed by atoms with E-state index in [0.717, 1.165) is 23.9 Å². The number of carboxylic acids is 1. The van der Waals surface area contributed by atoms with Crippen LogP contribution in [-0.2, 0) is 11.3 Å². The Hall–Kier alpha value is -2.30. The fourth-order valence-corrected chi connectivity index (χ4v) is 5.50. The van der Waals surface area contributed by atoms with Crippen LogP contribution in [0.25, 0.3) is 10.9 Å². The zero-order valence-corrected chi connectivity index (χ0v) is 20.5. The number of hydrogen-bond donors (Lipinski definition) is 1. The van der Waals surface area contributed by atoms with E-state index in [-0.39, 0.29) is 24.0 Å². The standard InChI is InChI=1S/C27H29Cl2NO3/c1-16(2)19-7-10-24-20(14-19)11-12-30(24)15-22-23(28)9-8-21(26(22)29)27(33)18-5-3-17(4-6-18)13-25(31)32/h7-12,14,16-18H,3-6,13,15H2,1-2H3,(H,31,32). The third-order valence-electron chi connectivity index (χ3n) is 6.92. The van der Waals surface area contributed by atoms with Gasteiger partial charge in [0.15, 0.2) is 5.78 Å². The Labute approximate surface area is 204 Å². The van der Waals surface area contributed by atoms with Gasteiger partial charge in [0.25, 0.3) is 0 Å². The largest absolute Gasteiger partial charge is 0.481 e. The SMILES string of the molecule is CC(C)c1ccc2c(ccn2Cc2c(Cl)ccc(C(=O)C3CCC(CC(=O)O)CC3)c2Cl)c1. The van der Waals surface area contributed by atoms with Gasteiger partial charge in [-0.25, -0.2) is 0 Å². The highest BCUT2D eigenvalue weighted by Crippen LogP contribution is 2.36. The molecule has 0 aliphatic heterocycles. The molecular weight excluding hydrogens is 457 g/mol. The number of halogens is 2. The van der Waals surface area contributed by atoms with Crippen molar-refractivity contribution < 1.29 is 14.7 Å². The Morgan fingerprint density at radius 2 is 1.79 bits per heavy atom. The van der Waals surface area contributed by atoms with Gasteiger partial charge in [-0.1, -0.05) is 43.1 Å². The van der Waals surface area contributed by atoms with Crippen LogP contribution < -0.4 is 0 Å². The summed E-state index contributed by atoms with van der Waals surface area (Å²) in [4.78, 5) is 24.3. The van der Waals surface area contributed by atoms with Crippen molar-refractivity contribution in [3.05, 3.63) is 69.3 Å². The van der Waals surface area contributed by atoms with Crippen molar-refractivity contribution in [3.63, 3.8) is 0 Å². The summed E-state index contributed by atoms with van der Waals surface area (Å²) in [6, 6.07) is 12.1. The molecule has 0 spiro atoms. The molecule has 0 unspecified atom stereocenters. The van der Waals surface area contributed by atoms with Gasteiger partial charge in [-0.3, -0.25) is 9.59 Å². The summed E-state index contributed by atoms with van der Waals surface area (Å²) in [5.74, 6) is -0.244. The van der Waals surface area contributed by atoms with E-state index in [1.165, 1.54) is 10.9 Å². The predicted molar refractivity (Wildman–Crippen MR) is 134 cm³/mol. The quantitative estimate of drug-likeness (QED) is 0.350. The van der Waals surface area contributed by atoms with Crippen molar-refractivity contribution >= 4 is 45.9 Å². The van der Waals surface area contributed by atoms with Gasteiger partial charge in [0.1, 0.15) is 0 Å². The van der Waals surface area contributed by atoms with E-state index in [1.807, 2.05) is 6.20 Å². The molecule has 1 aliphatic carbocycles. The van der Waals surface area contributed by atoms with Crippen LogP contribution in [-0.4, -0.2) is 21.4 Å². The number of aromatic nitrogens is 1. The van der Waals surface area contributed by atoms with E-state index in [0.29, 0.717) is 40.9 Å². The maximum absolute atomic E-state index is 13.3. The van der Waals surface area contributed by atoms with E-state index in [2.05, 4.69) is 42.7 Å². The lowest BCUT2D eigenvalue weighted by Crippen LogP contribution is -2.23. The molecule has 0 saturated heterocycles. The number of Topliss-reactive ketones (excluding diaryl/α,β-unsaturated/α-hetero) is 1. The third-order valence-corrected chi connectivity index (χ3v) is 7.71. The molecule has 2 aromatic carbocycles. The van der Waals surface area contributed by atoms with Crippen molar-refractivity contribution in [1.29, 1.82) is 0 Å². The van der Waals surface area contributed by atoms with E-state index >= 15 is 0 Å². The number of carbonyl (C=O) groups is 2. The second-order valence-electron chi connectivity index (χ2n) is 9.48. The van der Waals surface area contributed by atoms with Gasteiger partial charge in [-0.2, -0.15) is 0 Å². The lowest BCUT2D eigenvalue weighted by molar-refractivity contribution is -0.138. The Morgan fingerprint density at radius 3 is 2.45 bits per heavy atom. The van der Waals surface area contributed by atoms with Gasteiger partial charge in [-0.05, 0) is 78.8 Å². The van der Waals surface area contributed by atoms with Crippen molar-refractivity contribution in [1.82, 2.24) is 4.57 Å². The number of carbonyl (C=O) groups excluding carboxylic acids is 1. The monoisotopic (exact) mass is 485 g/mol. The lowest BCUT2D eigenvalue weighted by atomic mass is 9.77. The summed E-state index contributed by atoms with van der Waals surface area (Å²) in [5, 5.41) is 11.1. The molecular formula is C27H29Cl2NO3. The summed E-state index contributed by atoms with van der Waals surface area (Å²) in [7, 11) is 0. The topological polar surface area (TPSA) is 59.3 Å². The van der Waals surface area contributed by atoms with Crippen LogP contribution in [0.3, 0.4) is 0 Å². The van der Waals surface area contributed by atoms with Gasteiger partial charge in [0.2, 0.25) is 0 Å². The number of carboxylic acid groups (broad SMARTS) is 1. The van der Waals surface area contributed by atoms with Crippen LogP contribution in [0.15, 0.2) is 42.6 Å². The minimum atomic E-state index is -0.770. The second kappa shape index (κ2) is 9.90. The highest BCUT2D eigenvalue weighted by atomic mass is 35.5. The molecule has 1 saturated carbocycles. The van der Waals surface area contributed by atoms with Crippen molar-refractivity contribution in [2.24, 2.45) is 11.8 Å². The number of hydrogen-bond acceptors (Lipinski definition) is 2. The van der Waals surface area contributed by atoms with Crippen molar-refractivity contribution in [3.8, 4) is 0 Å². The molecule has 0 bridgehead atoms. The summed E-state index contributed by atoms with van der Waals surface area (Å²) in [6.45, 7) is 4.84. The molecule has 1 heterocycles. The minimum absolute atomic E-state index is 0.0330. The Balaban J connectivity index is 1.56. The second-order valence-corrected chi connectivity index (χ2v) is 10.3. The lowest BCUT2D eigenvalue weighted by Gasteiger charge is -2.27. The highest BCUT2D eigenvalue weighted by Gasteiger charge is 2.30. The predicted octanol–water partition coefficient (Wildman–Crippen LogP) is 7.58. The zero-order valence-electron chi connectivity index (χ0n) is 19.0. The molecule has 1 fully saturated rings. The fourth-order valence-electron chi connectivity index (χ4n) is 4.91. The summed E-state index contributed by atoms with van der Waals surface area (Å²) < 4.78 is 2.11.